The van der Waals surface area contributed by atoms with Crippen LogP contribution in [0.3, 0.4) is 0 Å². The topological polar surface area (TPSA) is 103 Å². The Balaban J connectivity index is 1.55. The predicted molar refractivity (Wildman–Crippen MR) is 107 cm³/mol. The fourth-order valence-corrected chi connectivity index (χ4v) is 3.97. The SMILES string of the molecule is CC(C)NC(=O)CCC1CNC(=O)C2CC(NC(=O)Nc3ccc(F)cc3F)CN12. The molecule has 30 heavy (non-hydrogen) atoms. The molecule has 0 aliphatic carbocycles. The van der Waals surface area contributed by atoms with Crippen LogP contribution >= 0.6 is 0 Å². The van der Waals surface area contributed by atoms with Gasteiger partial charge >= 0.3 is 6.03 Å². The van der Waals surface area contributed by atoms with Crippen LogP contribution in [0.5, 0.6) is 0 Å². The minimum Gasteiger partial charge on any atom is -0.354 e. The van der Waals surface area contributed by atoms with Crippen molar-refractivity contribution in [2.75, 3.05) is 18.4 Å². The van der Waals surface area contributed by atoms with E-state index < -0.39 is 17.7 Å². The lowest BCUT2D eigenvalue weighted by molar-refractivity contribution is -0.129. The number of rotatable bonds is 6. The summed E-state index contributed by atoms with van der Waals surface area (Å²) in [4.78, 5) is 38.5. The van der Waals surface area contributed by atoms with Gasteiger partial charge in [0.25, 0.3) is 0 Å². The van der Waals surface area contributed by atoms with Gasteiger partial charge in [-0.15, -0.1) is 0 Å². The number of nitrogens with one attached hydrogen (secondary N) is 4. The molecule has 0 saturated carbocycles. The van der Waals surface area contributed by atoms with E-state index in [2.05, 4.69) is 21.3 Å². The minimum atomic E-state index is -0.867. The average Bonchev–Trinajstić information content (AvgIpc) is 3.07. The van der Waals surface area contributed by atoms with Crippen molar-refractivity contribution in [2.24, 2.45) is 0 Å². The van der Waals surface area contributed by atoms with Crippen molar-refractivity contribution in [1.82, 2.24) is 20.9 Å². The highest BCUT2D eigenvalue weighted by Crippen LogP contribution is 2.26. The van der Waals surface area contributed by atoms with E-state index in [-0.39, 0.29) is 41.7 Å². The van der Waals surface area contributed by atoms with Crippen LogP contribution in [0.15, 0.2) is 18.2 Å². The van der Waals surface area contributed by atoms with Gasteiger partial charge in [0.1, 0.15) is 11.6 Å². The molecule has 2 heterocycles. The van der Waals surface area contributed by atoms with Gasteiger partial charge < -0.3 is 21.3 Å². The van der Waals surface area contributed by atoms with E-state index in [1.807, 2.05) is 18.7 Å². The molecule has 1 aromatic rings. The number of halogens is 2. The summed E-state index contributed by atoms with van der Waals surface area (Å²) in [6.07, 6.45) is 1.36. The highest BCUT2D eigenvalue weighted by Gasteiger charge is 2.43. The Labute approximate surface area is 173 Å². The van der Waals surface area contributed by atoms with Crippen LogP contribution in [0.1, 0.15) is 33.1 Å². The van der Waals surface area contributed by atoms with Gasteiger partial charge in [0.2, 0.25) is 11.8 Å². The number of amides is 4. The number of benzene rings is 1. The highest BCUT2D eigenvalue weighted by atomic mass is 19.1. The number of piperazine rings is 1. The molecule has 4 N–H and O–H groups in total. The molecular formula is C20H27F2N5O3. The molecular weight excluding hydrogens is 396 g/mol. The average molecular weight is 423 g/mol. The van der Waals surface area contributed by atoms with Crippen LogP contribution in [0, 0.1) is 11.6 Å². The Hall–Kier alpha value is -2.75. The second-order valence-electron chi connectivity index (χ2n) is 8.03. The van der Waals surface area contributed by atoms with Crippen molar-refractivity contribution in [3.8, 4) is 0 Å². The first-order chi connectivity index (χ1) is 14.2. The molecule has 0 radical (unpaired) electrons. The molecule has 3 atom stereocenters. The Bertz CT molecular complexity index is 820. The third kappa shape index (κ3) is 5.44. The summed E-state index contributed by atoms with van der Waals surface area (Å²) in [5.41, 5.74) is -0.128. The lowest BCUT2D eigenvalue weighted by atomic mass is 10.0. The van der Waals surface area contributed by atoms with E-state index in [9.17, 15) is 23.2 Å². The first-order valence-corrected chi connectivity index (χ1v) is 10.1. The van der Waals surface area contributed by atoms with Crippen LogP contribution in [-0.2, 0) is 9.59 Å². The maximum atomic E-state index is 13.7. The van der Waals surface area contributed by atoms with Crippen LogP contribution in [0.25, 0.3) is 0 Å². The quantitative estimate of drug-likeness (QED) is 0.554. The predicted octanol–water partition coefficient (Wildman–Crippen LogP) is 1.33. The molecule has 2 aliphatic rings. The Kier molecular flexibility index (Phi) is 6.86. The molecule has 0 aromatic heterocycles. The van der Waals surface area contributed by atoms with Gasteiger partial charge in [0.05, 0.1) is 11.7 Å². The number of anilines is 1. The summed E-state index contributed by atoms with van der Waals surface area (Å²) in [7, 11) is 0. The van der Waals surface area contributed by atoms with E-state index in [4.69, 9.17) is 0 Å². The fraction of sp³-hybridized carbons (Fsp3) is 0.550. The Morgan fingerprint density at radius 3 is 2.77 bits per heavy atom. The molecule has 2 fully saturated rings. The monoisotopic (exact) mass is 423 g/mol. The molecule has 8 nitrogen and oxygen atoms in total. The second-order valence-corrected chi connectivity index (χ2v) is 8.03. The molecule has 4 amide bonds. The van der Waals surface area contributed by atoms with Gasteiger partial charge in [0, 0.05) is 43.7 Å². The number of fused-ring (bicyclic) bond motifs is 1. The molecule has 2 saturated heterocycles. The Morgan fingerprint density at radius 2 is 2.07 bits per heavy atom. The van der Waals surface area contributed by atoms with Gasteiger partial charge in [0.15, 0.2) is 0 Å². The molecule has 2 aliphatic heterocycles. The third-order valence-electron chi connectivity index (χ3n) is 5.29. The summed E-state index contributed by atoms with van der Waals surface area (Å²) in [6.45, 7) is 4.70. The molecule has 0 spiro atoms. The van der Waals surface area contributed by atoms with Crippen molar-refractivity contribution in [3.05, 3.63) is 29.8 Å². The number of urea groups is 1. The van der Waals surface area contributed by atoms with Gasteiger partial charge in [-0.25, -0.2) is 13.6 Å². The van der Waals surface area contributed by atoms with Crippen molar-refractivity contribution in [3.63, 3.8) is 0 Å². The summed E-state index contributed by atoms with van der Waals surface area (Å²) >= 11 is 0. The molecule has 3 unspecified atom stereocenters. The van der Waals surface area contributed by atoms with E-state index >= 15 is 0 Å². The molecule has 1 aromatic carbocycles. The normalized spacial score (nSPS) is 23.6. The van der Waals surface area contributed by atoms with Gasteiger partial charge in [-0.1, -0.05) is 0 Å². The fourth-order valence-electron chi connectivity index (χ4n) is 3.97. The maximum absolute atomic E-state index is 13.7. The summed E-state index contributed by atoms with van der Waals surface area (Å²) in [5, 5.41) is 10.8. The van der Waals surface area contributed by atoms with E-state index in [0.717, 1.165) is 12.1 Å². The number of hydrogen-bond donors (Lipinski definition) is 4. The minimum absolute atomic E-state index is 0.00461. The summed E-state index contributed by atoms with van der Waals surface area (Å²) in [5.74, 6) is -1.74. The first kappa shape index (κ1) is 21.9. The molecule has 3 rings (SSSR count). The summed E-state index contributed by atoms with van der Waals surface area (Å²) < 4.78 is 26.7. The van der Waals surface area contributed by atoms with Gasteiger partial charge in [-0.05, 0) is 38.8 Å². The van der Waals surface area contributed by atoms with Crippen LogP contribution in [0.2, 0.25) is 0 Å². The number of nitrogens with zero attached hydrogens (tertiary/aromatic N) is 1. The van der Waals surface area contributed by atoms with E-state index in [1.165, 1.54) is 0 Å². The molecule has 10 heteroatoms. The molecule has 0 bridgehead atoms. The zero-order valence-electron chi connectivity index (χ0n) is 17.0. The number of hydrogen-bond acceptors (Lipinski definition) is 4. The van der Waals surface area contributed by atoms with Crippen LogP contribution in [0.4, 0.5) is 19.3 Å². The van der Waals surface area contributed by atoms with Crippen molar-refractivity contribution in [1.29, 1.82) is 0 Å². The second kappa shape index (κ2) is 9.38. The smallest absolute Gasteiger partial charge is 0.319 e. The standard InChI is InChI=1S/C20H27F2N5O3/c1-11(2)24-18(28)6-4-14-9-23-19(29)17-8-13(10-27(14)17)25-20(30)26-16-5-3-12(21)7-15(16)22/h3,5,7,11,13-14,17H,4,6,8-10H2,1-2H3,(H,23,29)(H,24,28)(H2,25,26,30). The third-order valence-corrected chi connectivity index (χ3v) is 5.29. The zero-order valence-corrected chi connectivity index (χ0v) is 17.0. The molecule has 164 valence electrons. The first-order valence-electron chi connectivity index (χ1n) is 10.1. The largest absolute Gasteiger partial charge is 0.354 e. The maximum Gasteiger partial charge on any atom is 0.319 e. The van der Waals surface area contributed by atoms with E-state index in [0.29, 0.717) is 38.4 Å². The van der Waals surface area contributed by atoms with Crippen molar-refractivity contribution < 1.29 is 23.2 Å². The van der Waals surface area contributed by atoms with Crippen LogP contribution in [-0.4, -0.2) is 60.0 Å². The van der Waals surface area contributed by atoms with Crippen molar-refractivity contribution >= 4 is 23.5 Å². The lowest BCUT2D eigenvalue weighted by Crippen LogP contribution is -2.58. The highest BCUT2D eigenvalue weighted by molar-refractivity contribution is 5.90. The Morgan fingerprint density at radius 1 is 1.30 bits per heavy atom. The van der Waals surface area contributed by atoms with Gasteiger partial charge in [-0.2, -0.15) is 0 Å². The zero-order chi connectivity index (χ0) is 21.8. The van der Waals surface area contributed by atoms with E-state index in [1.54, 1.807) is 0 Å². The van der Waals surface area contributed by atoms with Crippen LogP contribution < -0.4 is 21.3 Å². The van der Waals surface area contributed by atoms with Gasteiger partial charge in [-0.3, -0.25) is 14.5 Å². The summed E-state index contributed by atoms with van der Waals surface area (Å²) in [6, 6.07) is 1.64. The number of carbonyl (C=O) groups excluding carboxylic acids is 3. The number of carbonyl (C=O) groups is 3. The lowest BCUT2D eigenvalue weighted by Gasteiger charge is -2.37. The van der Waals surface area contributed by atoms with Crippen molar-refractivity contribution in [2.45, 2.75) is 57.3 Å².